The minimum Gasteiger partial charge on any atom is -0.495 e. The van der Waals surface area contributed by atoms with Crippen LogP contribution in [0.3, 0.4) is 0 Å². The Kier molecular flexibility index (Phi) is 5.46. The molecule has 8 heteroatoms. The van der Waals surface area contributed by atoms with Gasteiger partial charge in [-0.3, -0.25) is 4.79 Å². The summed E-state index contributed by atoms with van der Waals surface area (Å²) < 4.78 is 37.5. The van der Waals surface area contributed by atoms with Gasteiger partial charge in [-0.25, -0.2) is 8.42 Å². The molecule has 0 saturated carbocycles. The summed E-state index contributed by atoms with van der Waals surface area (Å²) in [5.74, 6) is -0.212. The van der Waals surface area contributed by atoms with E-state index in [9.17, 15) is 13.2 Å². The molecule has 0 aliphatic carbocycles. The molecule has 0 unspecified atom stereocenters. The van der Waals surface area contributed by atoms with Crippen LogP contribution in [0.4, 0.5) is 0 Å². The maximum Gasteiger partial charge on any atom is 0.308 e. The highest BCUT2D eigenvalue weighted by Gasteiger charge is 2.34. The van der Waals surface area contributed by atoms with Gasteiger partial charge in [0.2, 0.25) is 10.0 Å². The maximum atomic E-state index is 12.8. The molecule has 1 saturated heterocycles. The molecule has 1 aromatic rings. The van der Waals surface area contributed by atoms with Crippen LogP contribution in [0.1, 0.15) is 12.8 Å². The van der Waals surface area contributed by atoms with E-state index in [-0.39, 0.29) is 29.9 Å². The molecule has 0 aromatic heterocycles. The van der Waals surface area contributed by atoms with Gasteiger partial charge in [0.15, 0.2) is 0 Å². The van der Waals surface area contributed by atoms with Crippen molar-refractivity contribution in [1.82, 2.24) is 4.31 Å². The van der Waals surface area contributed by atoms with E-state index in [1.54, 1.807) is 12.1 Å². The zero-order chi connectivity index (χ0) is 16.3. The van der Waals surface area contributed by atoms with Crippen molar-refractivity contribution >= 4 is 31.9 Å². The second-order valence-electron chi connectivity index (χ2n) is 5.00. The highest BCUT2D eigenvalue weighted by Crippen LogP contribution is 2.32. The van der Waals surface area contributed by atoms with Crippen LogP contribution >= 0.6 is 15.9 Å². The summed E-state index contributed by atoms with van der Waals surface area (Å²) in [5, 5.41) is 0. The molecule has 1 heterocycles. The number of piperidine rings is 1. The summed E-state index contributed by atoms with van der Waals surface area (Å²) >= 11 is 3.28. The van der Waals surface area contributed by atoms with Gasteiger partial charge in [0.1, 0.15) is 10.6 Å². The monoisotopic (exact) mass is 391 g/mol. The van der Waals surface area contributed by atoms with Crippen molar-refractivity contribution in [2.24, 2.45) is 5.92 Å². The molecule has 1 aliphatic heterocycles. The van der Waals surface area contributed by atoms with Crippen LogP contribution in [0.5, 0.6) is 5.75 Å². The first-order valence-electron chi connectivity index (χ1n) is 6.81. The number of carbonyl (C=O) groups excluding carboxylic acids is 1. The Morgan fingerprint density at radius 3 is 2.45 bits per heavy atom. The van der Waals surface area contributed by atoms with Crippen LogP contribution in [0.15, 0.2) is 27.6 Å². The molecule has 0 bridgehead atoms. The maximum absolute atomic E-state index is 12.8. The molecule has 1 aromatic carbocycles. The Labute approximate surface area is 138 Å². The second-order valence-corrected chi connectivity index (χ2v) is 7.82. The number of esters is 1. The quantitative estimate of drug-likeness (QED) is 0.734. The van der Waals surface area contributed by atoms with E-state index in [2.05, 4.69) is 15.9 Å². The summed E-state index contributed by atoms with van der Waals surface area (Å²) in [7, 11) is -0.876. The van der Waals surface area contributed by atoms with Gasteiger partial charge < -0.3 is 9.47 Å². The van der Waals surface area contributed by atoms with Crippen molar-refractivity contribution in [2.45, 2.75) is 17.7 Å². The molecule has 22 heavy (non-hydrogen) atoms. The molecule has 122 valence electrons. The van der Waals surface area contributed by atoms with Crippen LogP contribution in [0, 0.1) is 5.92 Å². The average molecular weight is 392 g/mol. The van der Waals surface area contributed by atoms with E-state index >= 15 is 0 Å². The van der Waals surface area contributed by atoms with Crippen LogP contribution in [0.25, 0.3) is 0 Å². The topological polar surface area (TPSA) is 72.9 Å². The fourth-order valence-electron chi connectivity index (χ4n) is 2.49. The lowest BCUT2D eigenvalue weighted by Crippen LogP contribution is -2.40. The number of benzene rings is 1. The predicted molar refractivity (Wildman–Crippen MR) is 84.2 cm³/mol. The van der Waals surface area contributed by atoms with Crippen molar-refractivity contribution in [1.29, 1.82) is 0 Å². The summed E-state index contributed by atoms with van der Waals surface area (Å²) in [5.41, 5.74) is 0. The van der Waals surface area contributed by atoms with Gasteiger partial charge in [-0.05, 0) is 31.0 Å². The lowest BCUT2D eigenvalue weighted by atomic mass is 9.99. The minimum atomic E-state index is -3.66. The standard InChI is InChI=1S/C14H18BrNO5S/c1-20-12-4-3-11(15)9-13(12)22(18,19)16-7-5-10(6-8-16)14(17)21-2/h3-4,9-10H,5-8H2,1-2H3. The van der Waals surface area contributed by atoms with E-state index < -0.39 is 10.0 Å². The smallest absolute Gasteiger partial charge is 0.308 e. The molecule has 0 radical (unpaired) electrons. The molecule has 0 amide bonds. The Morgan fingerprint density at radius 2 is 1.91 bits per heavy atom. The van der Waals surface area contributed by atoms with Crippen molar-refractivity contribution < 1.29 is 22.7 Å². The van der Waals surface area contributed by atoms with Crippen LogP contribution in [0.2, 0.25) is 0 Å². The average Bonchev–Trinajstić information content (AvgIpc) is 2.54. The van der Waals surface area contributed by atoms with Gasteiger partial charge in [-0.2, -0.15) is 4.31 Å². The fraction of sp³-hybridized carbons (Fsp3) is 0.500. The Balaban J connectivity index is 2.22. The van der Waals surface area contributed by atoms with Gasteiger partial charge in [-0.15, -0.1) is 0 Å². The number of nitrogens with zero attached hydrogens (tertiary/aromatic N) is 1. The van der Waals surface area contributed by atoms with Crippen molar-refractivity contribution in [3.8, 4) is 5.75 Å². The summed E-state index contributed by atoms with van der Waals surface area (Å²) in [4.78, 5) is 11.6. The zero-order valence-electron chi connectivity index (χ0n) is 12.4. The molecule has 0 N–H and O–H groups in total. The Bertz CT molecular complexity index is 653. The predicted octanol–water partition coefficient (Wildman–Crippen LogP) is 2.03. The third kappa shape index (κ3) is 3.44. The lowest BCUT2D eigenvalue weighted by Gasteiger charge is -2.30. The molecular weight excluding hydrogens is 374 g/mol. The van der Waals surface area contributed by atoms with Gasteiger partial charge in [0.05, 0.1) is 20.1 Å². The van der Waals surface area contributed by atoms with E-state index in [0.717, 1.165) is 0 Å². The molecule has 1 fully saturated rings. The molecule has 0 atom stereocenters. The van der Waals surface area contributed by atoms with Gasteiger partial charge in [-0.1, -0.05) is 15.9 Å². The number of halogens is 1. The summed E-state index contributed by atoms with van der Waals surface area (Å²) in [6.45, 7) is 0.579. The molecule has 1 aliphatic rings. The summed E-state index contributed by atoms with van der Waals surface area (Å²) in [6.07, 6.45) is 0.921. The number of methoxy groups -OCH3 is 2. The summed E-state index contributed by atoms with van der Waals surface area (Å²) in [6, 6.07) is 4.86. The number of carbonyl (C=O) groups is 1. The number of sulfonamides is 1. The molecular formula is C14H18BrNO5S. The van der Waals surface area contributed by atoms with Gasteiger partial charge in [0, 0.05) is 17.6 Å². The first-order chi connectivity index (χ1) is 10.4. The van der Waals surface area contributed by atoms with Gasteiger partial charge >= 0.3 is 5.97 Å². The van der Waals surface area contributed by atoms with Crippen molar-refractivity contribution in [3.63, 3.8) is 0 Å². The molecule has 6 nitrogen and oxygen atoms in total. The van der Waals surface area contributed by atoms with Crippen LogP contribution < -0.4 is 4.74 Å². The largest absolute Gasteiger partial charge is 0.495 e. The van der Waals surface area contributed by atoms with E-state index in [1.807, 2.05) is 0 Å². The van der Waals surface area contributed by atoms with E-state index in [1.165, 1.54) is 24.6 Å². The number of hydrogen-bond acceptors (Lipinski definition) is 5. The van der Waals surface area contributed by atoms with E-state index in [4.69, 9.17) is 9.47 Å². The second kappa shape index (κ2) is 6.97. The number of ether oxygens (including phenoxy) is 2. The Morgan fingerprint density at radius 1 is 1.27 bits per heavy atom. The van der Waals surface area contributed by atoms with Crippen molar-refractivity contribution in [3.05, 3.63) is 22.7 Å². The third-order valence-electron chi connectivity index (χ3n) is 3.73. The van der Waals surface area contributed by atoms with Gasteiger partial charge in [0.25, 0.3) is 0 Å². The first-order valence-corrected chi connectivity index (χ1v) is 9.05. The molecule has 0 spiro atoms. The van der Waals surface area contributed by atoms with Crippen molar-refractivity contribution in [2.75, 3.05) is 27.3 Å². The van der Waals surface area contributed by atoms with Crippen LogP contribution in [-0.4, -0.2) is 46.0 Å². The lowest BCUT2D eigenvalue weighted by molar-refractivity contribution is -0.146. The fourth-order valence-corrected chi connectivity index (χ4v) is 4.65. The Hall–Kier alpha value is -1.12. The van der Waals surface area contributed by atoms with Crippen LogP contribution in [-0.2, 0) is 19.6 Å². The highest BCUT2D eigenvalue weighted by atomic mass is 79.9. The molecule has 2 rings (SSSR count). The third-order valence-corrected chi connectivity index (χ3v) is 6.15. The number of hydrogen-bond donors (Lipinski definition) is 0. The SMILES string of the molecule is COC(=O)C1CCN(S(=O)(=O)c2cc(Br)ccc2OC)CC1. The highest BCUT2D eigenvalue weighted by molar-refractivity contribution is 9.10. The van der Waals surface area contributed by atoms with E-state index in [0.29, 0.717) is 23.1 Å². The first kappa shape index (κ1) is 17.2. The minimum absolute atomic E-state index is 0.126. The number of rotatable bonds is 4. The zero-order valence-corrected chi connectivity index (χ0v) is 14.8. The normalized spacial score (nSPS) is 17.2.